The van der Waals surface area contributed by atoms with Crippen molar-refractivity contribution in [3.8, 4) is 0 Å². The molecule has 0 heterocycles. The molecule has 0 fully saturated rings. The zero-order valence-electron chi connectivity index (χ0n) is 34.9. The Labute approximate surface area is 384 Å². The predicted octanol–water partition coefficient (Wildman–Crippen LogP) is 4.72. The van der Waals surface area contributed by atoms with Gasteiger partial charge in [-0.1, -0.05) is 0 Å². The van der Waals surface area contributed by atoms with Crippen LogP contribution in [0.5, 0.6) is 0 Å². The van der Waals surface area contributed by atoms with Gasteiger partial charge in [0.2, 0.25) is 11.6 Å². The number of hydrogen-bond acceptors (Lipinski definition) is 15. The molecule has 2 aliphatic rings. The fourth-order valence-corrected chi connectivity index (χ4v) is 7.09. The topological polar surface area (TPSA) is 366 Å². The number of urea groups is 1. The third kappa shape index (κ3) is 11.9. The zero-order valence-corrected chi connectivity index (χ0v) is 36.5. The molecule has 0 radical (unpaired) electrons. The minimum absolute atomic E-state index is 0.0286. The van der Waals surface area contributed by atoms with Crippen molar-refractivity contribution < 1.29 is 69.7 Å². The van der Waals surface area contributed by atoms with E-state index in [9.17, 15) is 69.7 Å². The first-order valence-corrected chi connectivity index (χ1v) is 22.0. The first-order chi connectivity index (χ1) is 32.0. The molecule has 0 aliphatic heterocycles. The Balaban J connectivity index is 0.987. The number of hydrogen-bond donors (Lipinski definition) is 10. The van der Waals surface area contributed by atoms with Crippen LogP contribution in [0, 0.1) is 13.8 Å². The standard InChI is InChI=1S/C43H34N8O15S2/c1-21-15-27(11-13-33(21)50-48-25-7-3-23(4-8-25)39(54)46-35-19-29(67(61,62)63)17-31(37(35)52)41(56)57)44-43(60)45-28-12-14-34(22(2)16-28)51-49-26-9-5-24(6-10-26)40(55)47-36-20-30(68(64,65)66)18-32(38(36)53)42(58)59/h3-20,48-51H,1-2H3,(H,56,57)(H,58,59)(H2,44,45,60)(H,61,62,63)(H,64,65,66). The molecule has 6 rings (SSSR count). The van der Waals surface area contributed by atoms with Gasteiger partial charge in [-0.25, -0.2) is 24.4 Å². The van der Waals surface area contributed by atoms with Gasteiger partial charge >= 0.3 is 18.0 Å². The van der Waals surface area contributed by atoms with E-state index in [2.05, 4.69) is 42.3 Å². The second-order valence-electron chi connectivity index (χ2n) is 14.3. The molecule has 0 atom stereocenters. The highest BCUT2D eigenvalue weighted by molar-refractivity contribution is 7.90. The summed E-state index contributed by atoms with van der Waals surface area (Å²) in [5, 5.41) is 24.0. The van der Waals surface area contributed by atoms with E-state index in [1.165, 1.54) is 48.5 Å². The van der Waals surface area contributed by atoms with Crippen LogP contribution in [-0.4, -0.2) is 88.9 Å². The second-order valence-corrected chi connectivity index (χ2v) is 17.2. The van der Waals surface area contributed by atoms with E-state index in [-0.39, 0.29) is 11.1 Å². The molecule has 4 aromatic rings. The number of anilines is 6. The maximum Gasteiger partial charge on any atom is 0.339 e. The smallest absolute Gasteiger partial charge is 0.339 e. The molecule has 68 heavy (non-hydrogen) atoms. The van der Waals surface area contributed by atoms with Crippen molar-refractivity contribution in [2.75, 3.05) is 32.3 Å². The Kier molecular flexibility index (Phi) is 14.0. The number of carboxylic acids is 2. The van der Waals surface area contributed by atoms with Gasteiger partial charge < -0.3 is 42.5 Å². The van der Waals surface area contributed by atoms with Crippen LogP contribution >= 0.6 is 0 Å². The number of carboxylic acid groups (broad SMARTS) is 2. The lowest BCUT2D eigenvalue weighted by Gasteiger charge is -2.15. The third-order valence-corrected chi connectivity index (χ3v) is 11.2. The van der Waals surface area contributed by atoms with Gasteiger partial charge in [-0.2, -0.15) is 16.8 Å². The fourth-order valence-electron chi connectivity index (χ4n) is 6.03. The second kappa shape index (κ2) is 19.7. The van der Waals surface area contributed by atoms with Gasteiger partial charge in [0.25, 0.3) is 32.1 Å². The van der Waals surface area contributed by atoms with E-state index < -0.39 is 94.0 Å². The number of Topliss-reactive ketones (excluding diaryl/α,β-unsaturated/α-hetero) is 2. The molecule has 10 N–H and O–H groups in total. The first-order valence-electron chi connectivity index (χ1n) is 19.1. The molecule has 4 aromatic carbocycles. The van der Waals surface area contributed by atoms with Crippen LogP contribution in [0.2, 0.25) is 0 Å². The van der Waals surface area contributed by atoms with Gasteiger partial charge in [-0.05, 0) is 134 Å². The highest BCUT2D eigenvalue weighted by Gasteiger charge is 2.32. The quantitative estimate of drug-likeness (QED) is 0.0354. The number of nitrogens with one attached hydrogen (secondary N) is 6. The average molecular weight is 967 g/mol. The Bertz CT molecular complexity index is 3070. The van der Waals surface area contributed by atoms with Crippen LogP contribution in [0.15, 0.2) is 140 Å². The van der Waals surface area contributed by atoms with E-state index in [0.29, 0.717) is 58.4 Å². The largest absolute Gasteiger partial charge is 0.478 e. The molecule has 0 aromatic heterocycles. The molecule has 2 aliphatic carbocycles. The summed E-state index contributed by atoms with van der Waals surface area (Å²) < 4.78 is 65.0. The summed E-state index contributed by atoms with van der Waals surface area (Å²) in [5.41, 5.74) is 12.8. The van der Waals surface area contributed by atoms with E-state index >= 15 is 0 Å². The number of carbonyl (C=O) groups excluding carboxylic acids is 5. The SMILES string of the molecule is Cc1cc(NC(=O)Nc2ccc(NNc3ccc(C(=O)N=C4C=C(S(=O)(=O)O)C=C(C(=O)O)C4=O)cc3)c(C)c2)ccc1NNc1ccc(C(=O)N=C2C=C(S(=O)(=O)O)C=C(C(=O)O)C2=O)cc1. The summed E-state index contributed by atoms with van der Waals surface area (Å²) in [6.45, 7) is 3.56. The molecule has 0 saturated carbocycles. The Morgan fingerprint density at radius 1 is 0.485 bits per heavy atom. The van der Waals surface area contributed by atoms with Crippen LogP contribution in [0.3, 0.4) is 0 Å². The van der Waals surface area contributed by atoms with Crippen molar-refractivity contribution in [1.29, 1.82) is 0 Å². The van der Waals surface area contributed by atoms with Crippen molar-refractivity contribution in [3.63, 3.8) is 0 Å². The lowest BCUT2D eigenvalue weighted by Crippen LogP contribution is -2.26. The third-order valence-electron chi connectivity index (χ3n) is 9.50. The summed E-state index contributed by atoms with van der Waals surface area (Å²) in [6.07, 6.45) is 2.13. The number of carbonyl (C=O) groups is 7. The number of rotatable bonds is 14. The lowest BCUT2D eigenvalue weighted by molar-refractivity contribution is -0.135. The molecule has 0 saturated heterocycles. The fraction of sp³-hybridized carbons (Fsp3) is 0.0465. The van der Waals surface area contributed by atoms with Crippen LogP contribution < -0.4 is 32.3 Å². The zero-order chi connectivity index (χ0) is 49.7. The van der Waals surface area contributed by atoms with Crippen molar-refractivity contribution in [2.24, 2.45) is 9.98 Å². The molecule has 0 spiro atoms. The van der Waals surface area contributed by atoms with E-state index in [4.69, 9.17) is 0 Å². The predicted molar refractivity (Wildman–Crippen MR) is 247 cm³/mol. The van der Waals surface area contributed by atoms with Gasteiger partial charge in [-0.15, -0.1) is 0 Å². The minimum atomic E-state index is -4.92. The number of amides is 4. The number of aliphatic carboxylic acids is 2. The average Bonchev–Trinajstić information content (AvgIpc) is 3.26. The number of benzene rings is 4. The van der Waals surface area contributed by atoms with Crippen LogP contribution in [-0.2, 0) is 39.4 Å². The number of nitrogens with zero attached hydrogens (tertiary/aromatic N) is 2. The van der Waals surface area contributed by atoms with Gasteiger partial charge in [-0.3, -0.25) is 28.3 Å². The molecule has 25 heteroatoms. The van der Waals surface area contributed by atoms with Crippen LogP contribution in [0.4, 0.5) is 38.9 Å². The Hall–Kier alpha value is -8.91. The van der Waals surface area contributed by atoms with Crippen molar-refractivity contribution in [1.82, 2.24) is 0 Å². The van der Waals surface area contributed by atoms with E-state index in [1.54, 1.807) is 50.2 Å². The molecular formula is C43H34N8O15S2. The number of hydrazine groups is 2. The van der Waals surface area contributed by atoms with E-state index in [0.717, 1.165) is 11.1 Å². The summed E-state index contributed by atoms with van der Waals surface area (Å²) in [6, 6.07) is 20.9. The van der Waals surface area contributed by atoms with Crippen LogP contribution in [0.1, 0.15) is 31.8 Å². The lowest BCUT2D eigenvalue weighted by atomic mass is 10.0. The van der Waals surface area contributed by atoms with Crippen LogP contribution in [0.25, 0.3) is 0 Å². The summed E-state index contributed by atoms with van der Waals surface area (Å²) in [4.78, 5) is 91.6. The monoisotopic (exact) mass is 966 g/mol. The maximum absolute atomic E-state index is 12.9. The molecule has 0 unspecified atom stereocenters. The van der Waals surface area contributed by atoms with Gasteiger partial charge in [0.05, 0.1) is 32.6 Å². The van der Waals surface area contributed by atoms with Crippen molar-refractivity contribution in [3.05, 3.63) is 152 Å². The van der Waals surface area contributed by atoms with E-state index in [1.807, 2.05) is 0 Å². The molecule has 0 bridgehead atoms. The molecule has 4 amide bonds. The number of aliphatic imine (C=N–C) groups is 2. The number of ketones is 2. The van der Waals surface area contributed by atoms with Crippen molar-refractivity contribution >= 4 is 107 Å². The molecule has 348 valence electrons. The maximum atomic E-state index is 12.9. The van der Waals surface area contributed by atoms with Gasteiger partial charge in [0, 0.05) is 22.5 Å². The Morgan fingerprint density at radius 2 is 0.824 bits per heavy atom. The normalized spacial score (nSPS) is 15.0. The molecule has 23 nitrogen and oxygen atoms in total. The summed E-state index contributed by atoms with van der Waals surface area (Å²) in [7, 11) is -9.84. The number of allylic oxidation sites excluding steroid dienone is 4. The van der Waals surface area contributed by atoms with Gasteiger partial charge in [0.15, 0.2) is 0 Å². The minimum Gasteiger partial charge on any atom is -0.478 e. The molecular weight excluding hydrogens is 933 g/mol. The summed E-state index contributed by atoms with van der Waals surface area (Å²) in [5.74, 6) is -7.97. The first kappa shape index (κ1) is 48.5. The van der Waals surface area contributed by atoms with Gasteiger partial charge in [0.1, 0.15) is 22.6 Å². The highest BCUT2D eigenvalue weighted by Crippen LogP contribution is 2.25. The summed E-state index contributed by atoms with van der Waals surface area (Å²) >= 11 is 0. The number of aryl methyl sites for hydroxylation is 2. The highest BCUT2D eigenvalue weighted by atomic mass is 32.2. The van der Waals surface area contributed by atoms with Crippen molar-refractivity contribution in [2.45, 2.75) is 13.8 Å². The Morgan fingerprint density at radius 3 is 1.13 bits per heavy atom.